The van der Waals surface area contributed by atoms with E-state index in [9.17, 15) is 10.2 Å². The molecule has 0 amide bonds. The molecule has 0 aromatic heterocycles. The quantitative estimate of drug-likeness (QED) is 0.783. The summed E-state index contributed by atoms with van der Waals surface area (Å²) in [7, 11) is 1.52. The molecule has 20 heavy (non-hydrogen) atoms. The summed E-state index contributed by atoms with van der Waals surface area (Å²) in [6.07, 6.45) is 0.826. The van der Waals surface area contributed by atoms with Crippen molar-refractivity contribution in [1.29, 1.82) is 0 Å². The maximum Gasteiger partial charge on any atom is 0.160 e. The first kappa shape index (κ1) is 14.1. The third-order valence-electron chi connectivity index (χ3n) is 3.07. The largest absolute Gasteiger partial charge is 0.508 e. The molecule has 1 unspecified atom stereocenters. The number of methoxy groups -OCH3 is 1. The summed E-state index contributed by atoms with van der Waals surface area (Å²) in [4.78, 5) is 0. The van der Waals surface area contributed by atoms with E-state index in [-0.39, 0.29) is 17.5 Å². The van der Waals surface area contributed by atoms with Gasteiger partial charge >= 0.3 is 0 Å². The zero-order valence-electron chi connectivity index (χ0n) is 11.6. The SMILES string of the molecule is COc1ccc(NC(C)Cc2ccc(O)cc2)cc1O. The predicted octanol–water partition coefficient (Wildman–Crippen LogP) is 3.15. The number of nitrogens with one attached hydrogen (secondary N) is 1. The van der Waals surface area contributed by atoms with Gasteiger partial charge in [0.15, 0.2) is 11.5 Å². The van der Waals surface area contributed by atoms with E-state index in [2.05, 4.69) is 12.2 Å². The van der Waals surface area contributed by atoms with Crippen molar-refractivity contribution >= 4 is 5.69 Å². The molecule has 0 saturated carbocycles. The summed E-state index contributed by atoms with van der Waals surface area (Å²) < 4.78 is 5.01. The number of phenols is 2. The molecule has 0 spiro atoms. The molecule has 2 aromatic rings. The molecule has 0 fully saturated rings. The standard InChI is InChI=1S/C16H19NO3/c1-11(9-12-3-6-14(18)7-4-12)17-13-5-8-16(20-2)15(19)10-13/h3-8,10-11,17-19H,9H2,1-2H3. The Kier molecular flexibility index (Phi) is 4.35. The number of hydrogen-bond acceptors (Lipinski definition) is 4. The van der Waals surface area contributed by atoms with E-state index in [1.54, 1.807) is 24.3 Å². The minimum atomic E-state index is 0.120. The number of anilines is 1. The Morgan fingerprint density at radius 2 is 1.80 bits per heavy atom. The fourth-order valence-corrected chi connectivity index (χ4v) is 2.10. The highest BCUT2D eigenvalue weighted by Gasteiger charge is 2.06. The molecule has 2 rings (SSSR count). The molecule has 3 N–H and O–H groups in total. The lowest BCUT2D eigenvalue weighted by molar-refractivity contribution is 0.373. The molecule has 1 atom stereocenters. The van der Waals surface area contributed by atoms with Crippen molar-refractivity contribution in [2.75, 3.05) is 12.4 Å². The molecule has 0 heterocycles. The summed E-state index contributed by atoms with van der Waals surface area (Å²) in [5, 5.41) is 22.3. The third-order valence-corrected chi connectivity index (χ3v) is 3.07. The van der Waals surface area contributed by atoms with Gasteiger partial charge < -0.3 is 20.3 Å². The fraction of sp³-hybridized carbons (Fsp3) is 0.250. The average Bonchev–Trinajstić information content (AvgIpc) is 2.41. The Labute approximate surface area is 118 Å². The lowest BCUT2D eigenvalue weighted by atomic mass is 10.1. The number of benzene rings is 2. The Bertz CT molecular complexity index is 566. The Balaban J connectivity index is 1.99. The van der Waals surface area contributed by atoms with Crippen LogP contribution in [0.3, 0.4) is 0 Å². The van der Waals surface area contributed by atoms with Gasteiger partial charge in [-0.05, 0) is 43.2 Å². The molecule has 4 heteroatoms. The van der Waals surface area contributed by atoms with Crippen molar-refractivity contribution in [3.8, 4) is 17.2 Å². The second kappa shape index (κ2) is 6.19. The average molecular weight is 273 g/mol. The normalized spacial score (nSPS) is 11.9. The molecule has 0 aliphatic heterocycles. The maximum absolute atomic E-state index is 9.73. The number of aromatic hydroxyl groups is 2. The minimum absolute atomic E-state index is 0.120. The van der Waals surface area contributed by atoms with Gasteiger partial charge in [-0.3, -0.25) is 0 Å². The van der Waals surface area contributed by atoms with Crippen LogP contribution >= 0.6 is 0 Å². The van der Waals surface area contributed by atoms with E-state index < -0.39 is 0 Å². The van der Waals surface area contributed by atoms with Crippen molar-refractivity contribution < 1.29 is 14.9 Å². The van der Waals surface area contributed by atoms with Crippen LogP contribution < -0.4 is 10.1 Å². The number of phenolic OH excluding ortho intramolecular Hbond substituents is 2. The summed E-state index contributed by atoms with van der Waals surface area (Å²) in [6, 6.07) is 12.6. The first-order chi connectivity index (χ1) is 9.58. The Morgan fingerprint density at radius 1 is 1.10 bits per heavy atom. The van der Waals surface area contributed by atoms with Crippen LogP contribution in [0.5, 0.6) is 17.2 Å². The van der Waals surface area contributed by atoms with Crippen molar-refractivity contribution in [2.45, 2.75) is 19.4 Å². The summed E-state index contributed by atoms with van der Waals surface area (Å²) >= 11 is 0. The molecular formula is C16H19NO3. The van der Waals surface area contributed by atoms with Crippen LogP contribution in [-0.2, 0) is 6.42 Å². The molecule has 0 aliphatic rings. The van der Waals surface area contributed by atoms with Crippen molar-refractivity contribution in [2.24, 2.45) is 0 Å². The summed E-state index contributed by atoms with van der Waals surface area (Å²) in [6.45, 7) is 2.06. The highest BCUT2D eigenvalue weighted by atomic mass is 16.5. The van der Waals surface area contributed by atoms with E-state index in [0.717, 1.165) is 17.7 Å². The first-order valence-corrected chi connectivity index (χ1v) is 6.50. The van der Waals surface area contributed by atoms with E-state index in [1.165, 1.54) is 7.11 Å². The second-order valence-corrected chi connectivity index (χ2v) is 4.80. The highest BCUT2D eigenvalue weighted by molar-refractivity contribution is 5.54. The zero-order chi connectivity index (χ0) is 14.5. The van der Waals surface area contributed by atoms with Crippen molar-refractivity contribution in [1.82, 2.24) is 0 Å². The molecule has 0 aliphatic carbocycles. The summed E-state index contributed by atoms with van der Waals surface area (Å²) in [5.74, 6) is 0.852. The van der Waals surface area contributed by atoms with Crippen LogP contribution in [0.25, 0.3) is 0 Å². The van der Waals surface area contributed by atoms with Gasteiger partial charge in [-0.15, -0.1) is 0 Å². The van der Waals surface area contributed by atoms with E-state index in [1.807, 2.05) is 18.2 Å². The van der Waals surface area contributed by atoms with Gasteiger partial charge in [0, 0.05) is 17.8 Å². The van der Waals surface area contributed by atoms with Gasteiger partial charge in [-0.2, -0.15) is 0 Å². The van der Waals surface area contributed by atoms with E-state index in [4.69, 9.17) is 4.74 Å². The van der Waals surface area contributed by atoms with Crippen molar-refractivity contribution in [3.05, 3.63) is 48.0 Å². The highest BCUT2D eigenvalue weighted by Crippen LogP contribution is 2.29. The fourth-order valence-electron chi connectivity index (χ4n) is 2.10. The van der Waals surface area contributed by atoms with Crippen LogP contribution in [0.4, 0.5) is 5.69 Å². The molecule has 0 saturated heterocycles. The maximum atomic E-state index is 9.73. The molecule has 4 nitrogen and oxygen atoms in total. The monoisotopic (exact) mass is 273 g/mol. The lowest BCUT2D eigenvalue weighted by Crippen LogP contribution is -2.17. The number of ether oxygens (including phenoxy) is 1. The van der Waals surface area contributed by atoms with Gasteiger partial charge in [0.05, 0.1) is 7.11 Å². The van der Waals surface area contributed by atoms with Gasteiger partial charge in [0.1, 0.15) is 5.75 Å². The van der Waals surface area contributed by atoms with Crippen LogP contribution in [0.15, 0.2) is 42.5 Å². The van der Waals surface area contributed by atoms with Gasteiger partial charge in [0.25, 0.3) is 0 Å². The molecule has 0 radical (unpaired) electrons. The van der Waals surface area contributed by atoms with E-state index in [0.29, 0.717) is 5.75 Å². The smallest absolute Gasteiger partial charge is 0.160 e. The molecular weight excluding hydrogens is 254 g/mol. The zero-order valence-corrected chi connectivity index (χ0v) is 11.6. The van der Waals surface area contributed by atoms with Gasteiger partial charge in [-0.1, -0.05) is 12.1 Å². The lowest BCUT2D eigenvalue weighted by Gasteiger charge is -2.16. The van der Waals surface area contributed by atoms with Crippen molar-refractivity contribution in [3.63, 3.8) is 0 Å². The van der Waals surface area contributed by atoms with Crippen LogP contribution in [0, 0.1) is 0 Å². The first-order valence-electron chi connectivity index (χ1n) is 6.50. The molecule has 2 aromatic carbocycles. The molecule has 0 bridgehead atoms. The Morgan fingerprint density at radius 3 is 2.40 bits per heavy atom. The number of rotatable bonds is 5. The van der Waals surface area contributed by atoms with Crippen LogP contribution in [-0.4, -0.2) is 23.4 Å². The number of hydrogen-bond donors (Lipinski definition) is 3. The molecule has 106 valence electrons. The van der Waals surface area contributed by atoms with Crippen LogP contribution in [0.2, 0.25) is 0 Å². The van der Waals surface area contributed by atoms with Crippen LogP contribution in [0.1, 0.15) is 12.5 Å². The Hall–Kier alpha value is -2.36. The third kappa shape index (κ3) is 3.57. The minimum Gasteiger partial charge on any atom is -0.508 e. The predicted molar refractivity (Wildman–Crippen MR) is 79.6 cm³/mol. The van der Waals surface area contributed by atoms with Gasteiger partial charge in [0.2, 0.25) is 0 Å². The summed E-state index contributed by atoms with van der Waals surface area (Å²) in [5.41, 5.74) is 1.98. The topological polar surface area (TPSA) is 61.7 Å². The van der Waals surface area contributed by atoms with Gasteiger partial charge in [-0.25, -0.2) is 0 Å². The van der Waals surface area contributed by atoms with E-state index >= 15 is 0 Å². The second-order valence-electron chi connectivity index (χ2n) is 4.80.